The molecule has 0 heterocycles. The molecule has 0 saturated heterocycles. The van der Waals surface area contributed by atoms with Gasteiger partial charge in [-0.3, -0.25) is 9.59 Å². The first-order valence-corrected chi connectivity index (χ1v) is 15.9. The van der Waals surface area contributed by atoms with Crippen LogP contribution in [0.3, 0.4) is 0 Å². The molecule has 0 radical (unpaired) electrons. The average molecular weight is 599 g/mol. The molecule has 2 amide bonds. The lowest BCUT2D eigenvalue weighted by Gasteiger charge is -2.15. The standard InChI is InChI=1S/C24H30N4O8S3/c1-15(19-7-11-21(12-8-19)35-38(5,31)32)25-27-23(29)17(3)37-18(4)24(30)28-26-16(2)20-9-13-22(14-10-20)36-39(6,33)34/h7-14,17-18H,1-6H3,(H,27,29)(H,28,30)/b25-15+,26-16?. The minimum atomic E-state index is -3.63. The maximum absolute atomic E-state index is 12.5. The Labute approximate surface area is 232 Å². The largest absolute Gasteiger partial charge is 0.383 e. The molecule has 0 aliphatic rings. The number of carbonyl (C=O) groups excluding carboxylic acids is 2. The summed E-state index contributed by atoms with van der Waals surface area (Å²) < 4.78 is 54.4. The predicted octanol–water partition coefficient (Wildman–Crippen LogP) is 2.25. The summed E-state index contributed by atoms with van der Waals surface area (Å²) in [5.41, 5.74) is 7.19. The highest BCUT2D eigenvalue weighted by Crippen LogP contribution is 2.19. The third kappa shape index (κ3) is 11.5. The smallest absolute Gasteiger partial charge is 0.306 e. The fourth-order valence-corrected chi connectivity index (χ4v) is 4.76. The second-order valence-corrected chi connectivity index (χ2v) is 13.2. The molecule has 39 heavy (non-hydrogen) atoms. The van der Waals surface area contributed by atoms with Gasteiger partial charge in [-0.1, -0.05) is 0 Å². The van der Waals surface area contributed by atoms with E-state index in [-0.39, 0.29) is 11.5 Å². The van der Waals surface area contributed by atoms with E-state index in [9.17, 15) is 26.4 Å². The van der Waals surface area contributed by atoms with Crippen molar-refractivity contribution in [2.24, 2.45) is 10.2 Å². The molecule has 12 nitrogen and oxygen atoms in total. The highest BCUT2D eigenvalue weighted by atomic mass is 32.2. The lowest BCUT2D eigenvalue weighted by Crippen LogP contribution is -2.33. The Hall–Kier alpha value is -3.43. The number of benzene rings is 2. The van der Waals surface area contributed by atoms with E-state index < -0.39 is 42.6 Å². The van der Waals surface area contributed by atoms with Gasteiger partial charge in [0.1, 0.15) is 11.5 Å². The van der Waals surface area contributed by atoms with Crippen LogP contribution in [0.1, 0.15) is 38.8 Å². The SMILES string of the molecule is CC(=NNC(=O)C(C)SC(C)C(=O)N/N=C(\C)c1ccc(OS(C)(=O)=O)cc1)c1ccc(OS(C)(=O)=O)cc1. The first-order valence-electron chi connectivity index (χ1n) is 11.4. The maximum Gasteiger partial charge on any atom is 0.306 e. The van der Waals surface area contributed by atoms with E-state index in [0.717, 1.165) is 24.3 Å². The number of nitrogens with one attached hydrogen (secondary N) is 2. The van der Waals surface area contributed by atoms with Crippen molar-refractivity contribution in [2.45, 2.75) is 38.2 Å². The number of thioether (sulfide) groups is 1. The Balaban J connectivity index is 1.88. The van der Waals surface area contributed by atoms with E-state index in [0.29, 0.717) is 22.6 Å². The van der Waals surface area contributed by atoms with E-state index in [4.69, 9.17) is 8.37 Å². The summed E-state index contributed by atoms with van der Waals surface area (Å²) in [5.74, 6) is -0.502. The maximum atomic E-state index is 12.5. The lowest BCUT2D eigenvalue weighted by atomic mass is 10.1. The summed E-state index contributed by atoms with van der Waals surface area (Å²) in [6.45, 7) is 6.63. The molecule has 212 valence electrons. The van der Waals surface area contributed by atoms with Crippen molar-refractivity contribution in [1.82, 2.24) is 10.9 Å². The molecule has 0 aliphatic heterocycles. The van der Waals surface area contributed by atoms with Crippen LogP contribution >= 0.6 is 11.8 Å². The molecule has 0 spiro atoms. The number of hydrazone groups is 2. The third-order valence-electron chi connectivity index (χ3n) is 4.85. The molecule has 0 fully saturated rings. The topological polar surface area (TPSA) is 170 Å². The number of carbonyl (C=O) groups is 2. The summed E-state index contributed by atoms with van der Waals surface area (Å²) in [4.78, 5) is 25.0. The van der Waals surface area contributed by atoms with Crippen LogP contribution in [-0.4, -0.2) is 63.1 Å². The Bertz CT molecular complexity index is 1340. The number of rotatable bonds is 12. The van der Waals surface area contributed by atoms with Gasteiger partial charge in [-0.15, -0.1) is 11.8 Å². The van der Waals surface area contributed by atoms with Gasteiger partial charge in [0.15, 0.2) is 0 Å². The van der Waals surface area contributed by atoms with E-state index in [1.54, 1.807) is 52.0 Å². The highest BCUT2D eigenvalue weighted by Gasteiger charge is 2.21. The predicted molar refractivity (Wildman–Crippen MR) is 151 cm³/mol. The zero-order chi connectivity index (χ0) is 29.4. The second kappa shape index (κ2) is 13.6. The number of hydrogen-bond acceptors (Lipinski definition) is 11. The molecule has 2 unspecified atom stereocenters. The van der Waals surface area contributed by atoms with Crippen LogP contribution < -0.4 is 19.2 Å². The summed E-state index contributed by atoms with van der Waals surface area (Å²) >= 11 is 1.12. The van der Waals surface area contributed by atoms with E-state index in [1.807, 2.05) is 0 Å². The van der Waals surface area contributed by atoms with Crippen molar-refractivity contribution >= 4 is 55.2 Å². The fraction of sp³-hybridized carbons (Fsp3) is 0.333. The van der Waals surface area contributed by atoms with Crippen LogP contribution in [0.15, 0.2) is 58.7 Å². The first-order chi connectivity index (χ1) is 18.0. The molecule has 2 rings (SSSR count). The van der Waals surface area contributed by atoms with Crippen LogP contribution in [-0.2, 0) is 29.8 Å². The van der Waals surface area contributed by atoms with Crippen molar-refractivity contribution in [3.8, 4) is 11.5 Å². The van der Waals surface area contributed by atoms with Crippen LogP contribution in [0.5, 0.6) is 11.5 Å². The number of hydrogen-bond donors (Lipinski definition) is 2. The minimum absolute atomic E-state index is 0.159. The van der Waals surface area contributed by atoms with Crippen molar-refractivity contribution in [2.75, 3.05) is 12.5 Å². The molecular weight excluding hydrogens is 568 g/mol. The van der Waals surface area contributed by atoms with Gasteiger partial charge in [0, 0.05) is 0 Å². The van der Waals surface area contributed by atoms with Crippen LogP contribution in [0.2, 0.25) is 0 Å². The van der Waals surface area contributed by atoms with Gasteiger partial charge >= 0.3 is 20.2 Å². The van der Waals surface area contributed by atoms with Gasteiger partial charge in [-0.25, -0.2) is 10.9 Å². The van der Waals surface area contributed by atoms with Crippen molar-refractivity contribution in [3.05, 3.63) is 59.7 Å². The summed E-state index contributed by atoms with van der Waals surface area (Å²) in [6.07, 6.45) is 1.90. The summed E-state index contributed by atoms with van der Waals surface area (Å²) in [7, 11) is -7.26. The number of nitrogens with zero attached hydrogens (tertiary/aromatic N) is 2. The van der Waals surface area contributed by atoms with E-state index in [1.165, 1.54) is 24.3 Å². The average Bonchev–Trinajstić information content (AvgIpc) is 2.84. The zero-order valence-corrected chi connectivity index (χ0v) is 24.6. The zero-order valence-electron chi connectivity index (χ0n) is 22.2. The fourth-order valence-electron chi connectivity index (χ4n) is 2.87. The molecule has 2 aromatic carbocycles. The van der Waals surface area contributed by atoms with Gasteiger partial charge in [0.05, 0.1) is 34.4 Å². The van der Waals surface area contributed by atoms with Gasteiger partial charge in [0.25, 0.3) is 11.8 Å². The minimum Gasteiger partial charge on any atom is -0.383 e. The quantitative estimate of drug-likeness (QED) is 0.211. The Morgan fingerprint density at radius 2 is 1.00 bits per heavy atom. The highest BCUT2D eigenvalue weighted by molar-refractivity contribution is 8.01. The normalized spacial score (nSPS) is 14.2. The van der Waals surface area contributed by atoms with Crippen molar-refractivity contribution in [1.29, 1.82) is 0 Å². The van der Waals surface area contributed by atoms with Crippen LogP contribution in [0.25, 0.3) is 0 Å². The van der Waals surface area contributed by atoms with Gasteiger partial charge < -0.3 is 8.37 Å². The second-order valence-electron chi connectivity index (χ2n) is 8.39. The molecule has 0 bridgehead atoms. The molecule has 0 aliphatic carbocycles. The Morgan fingerprint density at radius 3 is 1.28 bits per heavy atom. The Kier molecular flexibility index (Phi) is 11.1. The molecular formula is C24H30N4O8S3. The monoisotopic (exact) mass is 598 g/mol. The Morgan fingerprint density at radius 1 is 0.692 bits per heavy atom. The summed E-state index contributed by atoms with van der Waals surface area (Å²) in [6, 6.07) is 12.3. The van der Waals surface area contributed by atoms with Crippen molar-refractivity contribution < 1.29 is 34.8 Å². The van der Waals surface area contributed by atoms with E-state index >= 15 is 0 Å². The molecule has 2 aromatic rings. The molecule has 0 aromatic heterocycles. The van der Waals surface area contributed by atoms with Gasteiger partial charge in [-0.05, 0) is 87.4 Å². The lowest BCUT2D eigenvalue weighted by molar-refractivity contribution is -0.120. The third-order valence-corrected chi connectivity index (χ3v) is 7.09. The molecule has 15 heteroatoms. The van der Waals surface area contributed by atoms with Gasteiger partial charge in [-0.2, -0.15) is 27.0 Å². The van der Waals surface area contributed by atoms with Crippen LogP contribution in [0, 0.1) is 0 Å². The van der Waals surface area contributed by atoms with Gasteiger partial charge in [0.2, 0.25) is 0 Å². The van der Waals surface area contributed by atoms with Crippen molar-refractivity contribution in [3.63, 3.8) is 0 Å². The summed E-state index contributed by atoms with van der Waals surface area (Å²) in [5, 5.41) is 6.92. The van der Waals surface area contributed by atoms with E-state index in [2.05, 4.69) is 21.1 Å². The first kappa shape index (κ1) is 31.8. The van der Waals surface area contributed by atoms with Crippen LogP contribution in [0.4, 0.5) is 0 Å². The molecule has 0 saturated carbocycles. The molecule has 2 atom stereocenters. The number of amides is 2. The molecule has 2 N–H and O–H groups in total.